The van der Waals surface area contributed by atoms with Gasteiger partial charge >= 0.3 is 0 Å². The van der Waals surface area contributed by atoms with Crippen molar-refractivity contribution in [2.24, 2.45) is 0 Å². The lowest BCUT2D eigenvalue weighted by atomic mass is 10.1. The molecule has 1 aromatic heterocycles. The van der Waals surface area contributed by atoms with E-state index in [0.717, 1.165) is 37.6 Å². The first-order valence-electron chi connectivity index (χ1n) is 10.8. The first-order valence-corrected chi connectivity index (χ1v) is 10.8. The van der Waals surface area contributed by atoms with Crippen LogP contribution in [0.5, 0.6) is 0 Å². The Balaban J connectivity index is 1.65. The Morgan fingerprint density at radius 1 is 1.16 bits per heavy atom. The highest BCUT2D eigenvalue weighted by molar-refractivity contribution is 6.07. The van der Waals surface area contributed by atoms with Gasteiger partial charge in [-0.3, -0.25) is 9.59 Å². The number of hydrogen-bond acceptors (Lipinski definition) is 4. The predicted octanol–water partition coefficient (Wildman–Crippen LogP) is 3.54. The Labute approximate surface area is 181 Å². The van der Waals surface area contributed by atoms with Crippen LogP contribution in [0.2, 0.25) is 0 Å². The average molecular weight is 421 g/mol. The van der Waals surface area contributed by atoms with Gasteiger partial charge in [0.1, 0.15) is 6.61 Å². The molecule has 3 aromatic rings. The number of aryl methyl sites for hydroxylation is 2. The first kappa shape index (κ1) is 21.1. The van der Waals surface area contributed by atoms with Crippen molar-refractivity contribution in [1.82, 2.24) is 14.9 Å². The monoisotopic (exact) mass is 420 g/mol. The van der Waals surface area contributed by atoms with E-state index in [-0.39, 0.29) is 24.5 Å². The summed E-state index contributed by atoms with van der Waals surface area (Å²) in [5.41, 5.74) is 3.77. The van der Waals surface area contributed by atoms with Crippen molar-refractivity contribution >= 4 is 28.5 Å². The van der Waals surface area contributed by atoms with E-state index in [1.54, 1.807) is 18.5 Å². The van der Waals surface area contributed by atoms with Gasteiger partial charge in [-0.1, -0.05) is 43.2 Å². The van der Waals surface area contributed by atoms with Crippen LogP contribution >= 0.6 is 0 Å². The van der Waals surface area contributed by atoms with E-state index in [0.29, 0.717) is 23.3 Å². The Morgan fingerprint density at radius 3 is 2.68 bits per heavy atom. The van der Waals surface area contributed by atoms with Crippen LogP contribution in [0.3, 0.4) is 0 Å². The molecule has 31 heavy (non-hydrogen) atoms. The van der Waals surface area contributed by atoms with Crippen molar-refractivity contribution in [2.75, 3.05) is 19.0 Å². The molecule has 0 saturated heterocycles. The van der Waals surface area contributed by atoms with Gasteiger partial charge in [-0.05, 0) is 37.0 Å². The highest BCUT2D eigenvalue weighted by Gasteiger charge is 2.22. The van der Waals surface area contributed by atoms with Gasteiger partial charge in [0.25, 0.3) is 5.91 Å². The second-order valence-corrected chi connectivity index (χ2v) is 8.00. The van der Waals surface area contributed by atoms with Gasteiger partial charge in [-0.15, -0.1) is 0 Å². The smallest absolute Gasteiger partial charge is 0.253 e. The summed E-state index contributed by atoms with van der Waals surface area (Å²) < 4.78 is 6.92. The number of imidazole rings is 1. The molecule has 1 aliphatic carbocycles. The van der Waals surface area contributed by atoms with E-state index in [4.69, 9.17) is 4.74 Å². The molecule has 0 radical (unpaired) electrons. The second kappa shape index (κ2) is 9.75. The summed E-state index contributed by atoms with van der Waals surface area (Å²) in [5.74, 6) is -0.395. The van der Waals surface area contributed by atoms with Gasteiger partial charge < -0.3 is 19.9 Å². The van der Waals surface area contributed by atoms with Crippen molar-refractivity contribution < 1.29 is 14.3 Å². The van der Waals surface area contributed by atoms with E-state index < -0.39 is 0 Å². The van der Waals surface area contributed by atoms with Crippen molar-refractivity contribution in [3.8, 4) is 0 Å². The summed E-state index contributed by atoms with van der Waals surface area (Å²) >= 11 is 0. The third-order valence-electron chi connectivity index (χ3n) is 5.69. The Morgan fingerprint density at radius 2 is 1.94 bits per heavy atom. The number of methoxy groups -OCH3 is 1. The normalized spacial score (nSPS) is 14.1. The summed E-state index contributed by atoms with van der Waals surface area (Å²) in [4.78, 5) is 29.7. The zero-order chi connectivity index (χ0) is 21.6. The molecule has 2 N–H and O–H groups in total. The van der Waals surface area contributed by atoms with E-state index in [9.17, 15) is 9.59 Å². The zero-order valence-electron chi connectivity index (χ0n) is 17.8. The van der Waals surface area contributed by atoms with Gasteiger partial charge in [0, 0.05) is 25.4 Å². The van der Waals surface area contributed by atoms with Crippen LogP contribution in [-0.2, 0) is 22.5 Å². The van der Waals surface area contributed by atoms with Crippen molar-refractivity contribution in [3.05, 3.63) is 59.9 Å². The maximum absolute atomic E-state index is 13.2. The quantitative estimate of drug-likeness (QED) is 0.584. The standard InChI is InChI=1S/C24H28N4O3/c1-31-15-22(29)26-19-13-20(24(30)27-18-9-5-6-10-18)23-21(14-19)25-16-28(23)12-11-17-7-3-2-4-8-17/h2-4,7-8,13-14,16,18H,5-6,9-12,15H2,1H3,(H,26,29)(H,27,30). The minimum absolute atomic E-state index is 0.0485. The fraction of sp³-hybridized carbons (Fsp3) is 0.375. The lowest BCUT2D eigenvalue weighted by molar-refractivity contribution is -0.119. The van der Waals surface area contributed by atoms with E-state index in [1.165, 1.54) is 12.7 Å². The Bertz CT molecular complexity index is 1060. The molecule has 1 heterocycles. The largest absolute Gasteiger partial charge is 0.375 e. The van der Waals surface area contributed by atoms with E-state index in [2.05, 4.69) is 27.8 Å². The molecule has 0 aliphatic heterocycles. The number of nitrogens with one attached hydrogen (secondary N) is 2. The number of aromatic nitrogens is 2. The molecule has 1 saturated carbocycles. The number of anilines is 1. The van der Waals surface area contributed by atoms with Crippen LogP contribution in [0.4, 0.5) is 5.69 Å². The Kier molecular flexibility index (Phi) is 6.62. The summed E-state index contributed by atoms with van der Waals surface area (Å²) in [6.45, 7) is 0.659. The van der Waals surface area contributed by atoms with Gasteiger partial charge in [-0.2, -0.15) is 0 Å². The number of amides is 2. The molecule has 0 bridgehead atoms. The number of ether oxygens (including phenoxy) is 1. The van der Waals surface area contributed by atoms with Gasteiger partial charge in [0.05, 0.1) is 22.9 Å². The fourth-order valence-corrected chi connectivity index (χ4v) is 4.18. The lowest BCUT2D eigenvalue weighted by Gasteiger charge is -2.15. The van der Waals surface area contributed by atoms with Crippen LogP contribution in [-0.4, -0.2) is 41.1 Å². The highest BCUT2D eigenvalue weighted by Crippen LogP contribution is 2.25. The lowest BCUT2D eigenvalue weighted by Crippen LogP contribution is -2.33. The van der Waals surface area contributed by atoms with Crippen LogP contribution in [0, 0.1) is 0 Å². The summed E-state index contributed by atoms with van der Waals surface area (Å²) in [7, 11) is 1.47. The SMILES string of the molecule is COCC(=O)Nc1cc(C(=O)NC2CCCC2)c2c(c1)ncn2CCc1ccccc1. The number of hydrogen-bond donors (Lipinski definition) is 2. The second-order valence-electron chi connectivity index (χ2n) is 8.00. The molecule has 7 heteroatoms. The van der Waals surface area contributed by atoms with Gasteiger partial charge in [-0.25, -0.2) is 4.98 Å². The molecule has 1 aliphatic rings. The van der Waals surface area contributed by atoms with Crippen LogP contribution in [0.1, 0.15) is 41.6 Å². The molecule has 0 unspecified atom stereocenters. The van der Waals surface area contributed by atoms with Crippen molar-refractivity contribution in [1.29, 1.82) is 0 Å². The number of fused-ring (bicyclic) bond motifs is 1. The van der Waals surface area contributed by atoms with Gasteiger partial charge in [0.15, 0.2) is 0 Å². The summed E-state index contributed by atoms with van der Waals surface area (Å²) in [6.07, 6.45) is 6.90. The van der Waals surface area contributed by atoms with Crippen molar-refractivity contribution in [2.45, 2.75) is 44.7 Å². The third kappa shape index (κ3) is 5.11. The molecule has 0 atom stereocenters. The number of rotatable bonds is 8. The van der Waals surface area contributed by atoms with Crippen LogP contribution in [0.25, 0.3) is 11.0 Å². The van der Waals surface area contributed by atoms with Gasteiger partial charge in [0.2, 0.25) is 5.91 Å². The zero-order valence-corrected chi connectivity index (χ0v) is 17.8. The van der Waals surface area contributed by atoms with Crippen molar-refractivity contribution in [3.63, 3.8) is 0 Å². The minimum atomic E-state index is -0.271. The number of carbonyl (C=O) groups excluding carboxylic acids is 2. The van der Waals surface area contributed by atoms with E-state index in [1.807, 2.05) is 22.8 Å². The molecule has 162 valence electrons. The maximum Gasteiger partial charge on any atom is 0.253 e. The number of benzene rings is 2. The van der Waals surface area contributed by atoms with E-state index >= 15 is 0 Å². The first-order chi connectivity index (χ1) is 15.1. The van der Waals surface area contributed by atoms with Crippen LogP contribution in [0.15, 0.2) is 48.8 Å². The molecule has 4 rings (SSSR count). The molecule has 2 amide bonds. The average Bonchev–Trinajstić information content (AvgIpc) is 3.42. The predicted molar refractivity (Wildman–Crippen MR) is 120 cm³/mol. The maximum atomic E-state index is 13.2. The fourth-order valence-electron chi connectivity index (χ4n) is 4.18. The van der Waals surface area contributed by atoms with Crippen LogP contribution < -0.4 is 10.6 Å². The molecular weight excluding hydrogens is 392 g/mol. The molecule has 0 spiro atoms. The number of carbonyl (C=O) groups is 2. The molecule has 2 aromatic carbocycles. The highest BCUT2D eigenvalue weighted by atomic mass is 16.5. The molecule has 1 fully saturated rings. The molecular formula is C24H28N4O3. The Hall–Kier alpha value is -3.19. The summed E-state index contributed by atoms with van der Waals surface area (Å²) in [5, 5.41) is 5.96. The minimum Gasteiger partial charge on any atom is -0.375 e. The summed E-state index contributed by atoms with van der Waals surface area (Å²) in [6, 6.07) is 14.0. The topological polar surface area (TPSA) is 85.2 Å². The molecule has 7 nitrogen and oxygen atoms in total. The third-order valence-corrected chi connectivity index (χ3v) is 5.69. The number of nitrogens with zero attached hydrogens (tertiary/aromatic N) is 2.